The van der Waals surface area contributed by atoms with Crippen molar-refractivity contribution in [3.63, 3.8) is 0 Å². The van der Waals surface area contributed by atoms with E-state index >= 15 is 0 Å². The number of allylic oxidation sites excluding steroid dienone is 4. The van der Waals surface area contributed by atoms with E-state index in [4.69, 9.17) is 9.47 Å². The highest BCUT2D eigenvalue weighted by Crippen LogP contribution is 2.18. The van der Waals surface area contributed by atoms with Gasteiger partial charge in [-0.2, -0.15) is 0 Å². The molecule has 0 spiro atoms. The van der Waals surface area contributed by atoms with Crippen molar-refractivity contribution in [3.8, 4) is 0 Å². The molecular weight excluding hydrogens is 494 g/mol. The molecule has 4 heteroatoms. The molecule has 1 atom stereocenters. The predicted octanol–water partition coefficient (Wildman–Crippen LogP) is 11.3. The quantitative estimate of drug-likeness (QED) is 0.0541. The zero-order valence-electron chi connectivity index (χ0n) is 26.9. The van der Waals surface area contributed by atoms with Crippen molar-refractivity contribution in [1.82, 2.24) is 4.90 Å². The maximum atomic E-state index is 12.4. The largest absolute Gasteiger partial charge is 0.508 e. The van der Waals surface area contributed by atoms with Crippen LogP contribution in [0.15, 0.2) is 24.3 Å². The van der Waals surface area contributed by atoms with Gasteiger partial charge in [-0.25, -0.2) is 4.79 Å². The Morgan fingerprint density at radius 2 is 1.15 bits per heavy atom. The number of likely N-dealkylation sites (tertiary alicyclic amines) is 1. The van der Waals surface area contributed by atoms with Crippen LogP contribution in [0.3, 0.4) is 0 Å². The monoisotopic (exact) mass is 562 g/mol. The van der Waals surface area contributed by atoms with Gasteiger partial charge in [-0.05, 0) is 90.1 Å². The predicted molar refractivity (Wildman–Crippen MR) is 173 cm³/mol. The molecule has 0 aromatic heterocycles. The van der Waals surface area contributed by atoms with Crippen molar-refractivity contribution in [3.05, 3.63) is 24.3 Å². The molecule has 0 bridgehead atoms. The van der Waals surface area contributed by atoms with Crippen molar-refractivity contribution in [2.75, 3.05) is 26.2 Å². The summed E-state index contributed by atoms with van der Waals surface area (Å²) < 4.78 is 11.3. The SMILES string of the molecule is CCCCCC=CCC=CCCCCCCCC(CCCCCCCCCC)OC(=O)OCCCN1CCCC1. The number of carbonyl (C=O) groups excluding carboxylic acids is 1. The van der Waals surface area contributed by atoms with Gasteiger partial charge in [0, 0.05) is 6.54 Å². The van der Waals surface area contributed by atoms with Crippen LogP contribution in [0.5, 0.6) is 0 Å². The average molecular weight is 562 g/mol. The van der Waals surface area contributed by atoms with Gasteiger partial charge in [-0.1, -0.05) is 115 Å². The number of carbonyl (C=O) groups is 1. The molecule has 1 unspecified atom stereocenters. The van der Waals surface area contributed by atoms with E-state index in [1.807, 2.05) is 0 Å². The van der Waals surface area contributed by atoms with Crippen molar-refractivity contribution >= 4 is 6.16 Å². The van der Waals surface area contributed by atoms with Gasteiger partial charge >= 0.3 is 6.16 Å². The van der Waals surface area contributed by atoms with E-state index in [0.29, 0.717) is 6.61 Å². The van der Waals surface area contributed by atoms with Gasteiger partial charge in [0.1, 0.15) is 6.10 Å². The first-order valence-corrected chi connectivity index (χ1v) is 17.6. The summed E-state index contributed by atoms with van der Waals surface area (Å²) >= 11 is 0. The molecule has 40 heavy (non-hydrogen) atoms. The second-order valence-electron chi connectivity index (χ2n) is 12.0. The van der Waals surface area contributed by atoms with E-state index < -0.39 is 6.16 Å². The zero-order valence-corrected chi connectivity index (χ0v) is 26.9. The third-order valence-corrected chi connectivity index (χ3v) is 8.16. The smallest absolute Gasteiger partial charge is 0.434 e. The van der Waals surface area contributed by atoms with Crippen molar-refractivity contribution in [2.24, 2.45) is 0 Å². The van der Waals surface area contributed by atoms with Gasteiger partial charge in [0.2, 0.25) is 0 Å². The van der Waals surface area contributed by atoms with Crippen molar-refractivity contribution in [1.29, 1.82) is 0 Å². The average Bonchev–Trinajstić information content (AvgIpc) is 3.48. The van der Waals surface area contributed by atoms with Crippen LogP contribution >= 0.6 is 0 Å². The number of hydrogen-bond donors (Lipinski definition) is 0. The number of hydrogen-bond acceptors (Lipinski definition) is 4. The molecule has 1 fully saturated rings. The fraction of sp³-hybridized carbons (Fsp3) is 0.861. The first kappa shape index (κ1) is 36.7. The summed E-state index contributed by atoms with van der Waals surface area (Å²) in [7, 11) is 0. The zero-order chi connectivity index (χ0) is 28.8. The maximum Gasteiger partial charge on any atom is 0.508 e. The summed E-state index contributed by atoms with van der Waals surface area (Å²) in [6.07, 6.45) is 38.5. The minimum atomic E-state index is -0.450. The topological polar surface area (TPSA) is 38.8 Å². The second-order valence-corrected chi connectivity index (χ2v) is 12.0. The second kappa shape index (κ2) is 29.2. The highest BCUT2D eigenvalue weighted by Gasteiger charge is 2.16. The van der Waals surface area contributed by atoms with Crippen LogP contribution in [0.1, 0.15) is 168 Å². The highest BCUT2D eigenvalue weighted by atomic mass is 16.7. The molecular formula is C36H67NO3. The Kier molecular flexibility index (Phi) is 26.8. The molecule has 0 aromatic carbocycles. The lowest BCUT2D eigenvalue weighted by Crippen LogP contribution is -2.23. The third-order valence-electron chi connectivity index (χ3n) is 8.16. The van der Waals surface area contributed by atoms with Gasteiger partial charge in [0.25, 0.3) is 0 Å². The molecule has 0 amide bonds. The number of unbranched alkanes of at least 4 members (excludes halogenated alkanes) is 15. The Morgan fingerprint density at radius 1 is 0.650 bits per heavy atom. The van der Waals surface area contributed by atoms with Crippen LogP contribution < -0.4 is 0 Å². The first-order chi connectivity index (χ1) is 19.8. The van der Waals surface area contributed by atoms with E-state index in [0.717, 1.165) is 45.1 Å². The van der Waals surface area contributed by atoms with Gasteiger partial charge in [0.15, 0.2) is 0 Å². The third kappa shape index (κ3) is 24.5. The van der Waals surface area contributed by atoms with Crippen molar-refractivity contribution < 1.29 is 14.3 Å². The van der Waals surface area contributed by atoms with E-state index in [1.165, 1.54) is 129 Å². The Bertz CT molecular complexity index is 597. The molecule has 0 radical (unpaired) electrons. The van der Waals surface area contributed by atoms with Gasteiger partial charge in [0.05, 0.1) is 6.61 Å². The van der Waals surface area contributed by atoms with Crippen LogP contribution in [-0.4, -0.2) is 43.4 Å². The molecule has 4 nitrogen and oxygen atoms in total. The molecule has 0 aromatic rings. The van der Waals surface area contributed by atoms with Crippen molar-refractivity contribution in [2.45, 2.75) is 174 Å². The van der Waals surface area contributed by atoms with Gasteiger partial charge in [-0.15, -0.1) is 0 Å². The normalized spacial score (nSPS) is 14.9. The first-order valence-electron chi connectivity index (χ1n) is 17.6. The van der Waals surface area contributed by atoms with Crippen LogP contribution in [0.4, 0.5) is 4.79 Å². The number of ether oxygens (including phenoxy) is 2. The molecule has 1 aliphatic rings. The van der Waals surface area contributed by atoms with E-state index in [9.17, 15) is 4.79 Å². The molecule has 1 aliphatic heterocycles. The number of nitrogens with zero attached hydrogens (tertiary/aromatic N) is 1. The molecule has 0 aliphatic carbocycles. The molecule has 1 rings (SSSR count). The molecule has 1 heterocycles. The summed E-state index contributed by atoms with van der Waals surface area (Å²) in [5, 5.41) is 0. The lowest BCUT2D eigenvalue weighted by molar-refractivity contribution is 0.0148. The number of rotatable bonds is 28. The Morgan fingerprint density at radius 3 is 1.75 bits per heavy atom. The highest BCUT2D eigenvalue weighted by molar-refractivity contribution is 5.60. The van der Waals surface area contributed by atoms with Crippen LogP contribution in [0.2, 0.25) is 0 Å². The van der Waals surface area contributed by atoms with Crippen LogP contribution in [0, 0.1) is 0 Å². The van der Waals surface area contributed by atoms with E-state index in [1.54, 1.807) is 0 Å². The fourth-order valence-corrected chi connectivity index (χ4v) is 5.57. The molecule has 0 N–H and O–H groups in total. The Labute approximate surface area is 249 Å². The lowest BCUT2D eigenvalue weighted by atomic mass is 10.0. The Balaban J connectivity index is 2.15. The summed E-state index contributed by atoms with van der Waals surface area (Å²) in [5.74, 6) is 0. The molecule has 234 valence electrons. The molecule has 1 saturated heterocycles. The summed E-state index contributed by atoms with van der Waals surface area (Å²) in [5.41, 5.74) is 0. The Hall–Kier alpha value is -1.29. The summed E-state index contributed by atoms with van der Waals surface area (Å²) in [6.45, 7) is 8.42. The summed E-state index contributed by atoms with van der Waals surface area (Å²) in [4.78, 5) is 14.8. The van der Waals surface area contributed by atoms with Crippen LogP contribution in [-0.2, 0) is 9.47 Å². The standard InChI is InChI=1S/C36H67NO3/c1-3-5-7-9-11-13-14-15-16-17-18-19-21-23-25-30-35(29-24-22-20-12-10-8-6-4-2)40-36(38)39-34-28-33-37-31-26-27-32-37/h11,13,15-16,35H,3-10,12,14,17-34H2,1-2H3. The van der Waals surface area contributed by atoms with Gasteiger partial charge < -0.3 is 14.4 Å². The maximum absolute atomic E-state index is 12.4. The fourth-order valence-electron chi connectivity index (χ4n) is 5.57. The minimum absolute atomic E-state index is 0.0177. The minimum Gasteiger partial charge on any atom is -0.434 e. The van der Waals surface area contributed by atoms with E-state index in [-0.39, 0.29) is 6.10 Å². The van der Waals surface area contributed by atoms with E-state index in [2.05, 4.69) is 43.1 Å². The molecule has 0 saturated carbocycles. The lowest BCUT2D eigenvalue weighted by Gasteiger charge is -2.18. The van der Waals surface area contributed by atoms with Crippen LogP contribution in [0.25, 0.3) is 0 Å². The summed E-state index contributed by atoms with van der Waals surface area (Å²) in [6, 6.07) is 0. The van der Waals surface area contributed by atoms with Gasteiger partial charge in [-0.3, -0.25) is 0 Å².